The molecule has 2 aliphatic rings. The summed E-state index contributed by atoms with van der Waals surface area (Å²) in [5.74, 6) is -0.0803. The van der Waals surface area contributed by atoms with Gasteiger partial charge in [-0.05, 0) is 43.2 Å². The Labute approximate surface area is 107 Å². The van der Waals surface area contributed by atoms with Crippen LogP contribution in [0.4, 0.5) is 0 Å². The molecular weight excluding hydrogens is 228 g/mol. The van der Waals surface area contributed by atoms with Crippen molar-refractivity contribution in [2.75, 3.05) is 6.54 Å². The lowest BCUT2D eigenvalue weighted by Gasteiger charge is -2.22. The Morgan fingerprint density at radius 2 is 2.17 bits per heavy atom. The highest BCUT2D eigenvalue weighted by atomic mass is 16.4. The SMILES string of the molecule is O=C(O)c1ncccc1CN(CC1CC1)C1CC1. The van der Waals surface area contributed by atoms with Crippen molar-refractivity contribution in [3.8, 4) is 0 Å². The van der Waals surface area contributed by atoms with Gasteiger partial charge >= 0.3 is 5.97 Å². The molecule has 4 heteroatoms. The molecule has 2 aliphatic carbocycles. The maximum absolute atomic E-state index is 11.1. The first kappa shape index (κ1) is 11.7. The van der Waals surface area contributed by atoms with Crippen molar-refractivity contribution in [3.05, 3.63) is 29.6 Å². The number of carboxylic acid groups (broad SMARTS) is 1. The molecule has 0 spiro atoms. The normalized spacial score (nSPS) is 19.2. The fraction of sp³-hybridized carbons (Fsp3) is 0.571. The number of aromatic nitrogens is 1. The number of aromatic carboxylic acids is 1. The molecular formula is C14H18N2O2. The summed E-state index contributed by atoms with van der Waals surface area (Å²) in [6.45, 7) is 1.86. The minimum absolute atomic E-state index is 0.207. The number of hydrogen-bond acceptors (Lipinski definition) is 3. The Balaban J connectivity index is 1.74. The molecule has 3 rings (SSSR count). The number of nitrogens with zero attached hydrogens (tertiary/aromatic N) is 2. The summed E-state index contributed by atoms with van der Waals surface area (Å²) in [5, 5.41) is 9.15. The molecule has 1 N–H and O–H groups in total. The number of pyridine rings is 1. The van der Waals surface area contributed by atoms with Crippen molar-refractivity contribution in [2.24, 2.45) is 5.92 Å². The molecule has 0 aromatic carbocycles. The Hall–Kier alpha value is -1.42. The van der Waals surface area contributed by atoms with Crippen molar-refractivity contribution in [1.82, 2.24) is 9.88 Å². The summed E-state index contributed by atoms with van der Waals surface area (Å²) >= 11 is 0. The largest absolute Gasteiger partial charge is 0.477 e. The summed E-state index contributed by atoms with van der Waals surface area (Å²) in [6, 6.07) is 4.38. The zero-order valence-corrected chi connectivity index (χ0v) is 10.4. The van der Waals surface area contributed by atoms with E-state index >= 15 is 0 Å². The van der Waals surface area contributed by atoms with Crippen LogP contribution in [0.25, 0.3) is 0 Å². The number of rotatable bonds is 6. The quantitative estimate of drug-likeness (QED) is 0.835. The van der Waals surface area contributed by atoms with E-state index in [2.05, 4.69) is 9.88 Å². The summed E-state index contributed by atoms with van der Waals surface area (Å²) in [5.41, 5.74) is 1.05. The highest BCUT2D eigenvalue weighted by molar-refractivity contribution is 5.86. The van der Waals surface area contributed by atoms with E-state index in [4.69, 9.17) is 5.11 Å². The highest BCUT2D eigenvalue weighted by Gasteiger charge is 2.34. The predicted molar refractivity (Wildman–Crippen MR) is 67.4 cm³/mol. The van der Waals surface area contributed by atoms with Crippen LogP contribution < -0.4 is 0 Å². The van der Waals surface area contributed by atoms with Gasteiger partial charge in [0.1, 0.15) is 0 Å². The van der Waals surface area contributed by atoms with Crippen LogP contribution in [-0.4, -0.2) is 33.5 Å². The van der Waals surface area contributed by atoms with Crippen LogP contribution >= 0.6 is 0 Å². The lowest BCUT2D eigenvalue weighted by molar-refractivity contribution is 0.0687. The first-order chi connectivity index (χ1) is 8.74. The molecule has 2 saturated carbocycles. The van der Waals surface area contributed by atoms with E-state index in [0.29, 0.717) is 6.04 Å². The molecule has 4 nitrogen and oxygen atoms in total. The maximum Gasteiger partial charge on any atom is 0.354 e. The first-order valence-electron chi connectivity index (χ1n) is 6.65. The van der Waals surface area contributed by atoms with Crippen molar-refractivity contribution in [3.63, 3.8) is 0 Å². The van der Waals surface area contributed by atoms with E-state index in [9.17, 15) is 4.79 Å². The van der Waals surface area contributed by atoms with E-state index in [1.807, 2.05) is 12.1 Å². The Morgan fingerprint density at radius 1 is 1.39 bits per heavy atom. The summed E-state index contributed by atoms with van der Waals surface area (Å²) in [6.07, 6.45) is 6.74. The molecule has 0 radical (unpaired) electrons. The summed E-state index contributed by atoms with van der Waals surface area (Å²) in [4.78, 5) is 17.6. The van der Waals surface area contributed by atoms with Gasteiger partial charge in [-0.1, -0.05) is 6.07 Å². The second-order valence-electron chi connectivity index (χ2n) is 5.42. The molecule has 2 fully saturated rings. The Kier molecular flexibility index (Phi) is 3.04. The van der Waals surface area contributed by atoms with E-state index in [1.54, 1.807) is 6.20 Å². The van der Waals surface area contributed by atoms with Gasteiger partial charge in [0.2, 0.25) is 0 Å². The molecule has 1 heterocycles. The van der Waals surface area contributed by atoms with Crippen LogP contribution in [0.15, 0.2) is 18.3 Å². The van der Waals surface area contributed by atoms with Gasteiger partial charge < -0.3 is 5.11 Å². The first-order valence-corrected chi connectivity index (χ1v) is 6.65. The Bertz CT molecular complexity index is 453. The summed E-state index contributed by atoms with van der Waals surface area (Å²) < 4.78 is 0. The lowest BCUT2D eigenvalue weighted by atomic mass is 10.1. The van der Waals surface area contributed by atoms with Gasteiger partial charge in [0, 0.05) is 25.3 Å². The Morgan fingerprint density at radius 3 is 2.78 bits per heavy atom. The third kappa shape index (κ3) is 2.70. The van der Waals surface area contributed by atoms with E-state index in [-0.39, 0.29) is 5.69 Å². The smallest absolute Gasteiger partial charge is 0.354 e. The molecule has 0 saturated heterocycles. The van der Waals surface area contributed by atoms with Crippen LogP contribution in [0.5, 0.6) is 0 Å². The topological polar surface area (TPSA) is 53.4 Å². The second kappa shape index (κ2) is 4.69. The van der Waals surface area contributed by atoms with E-state index in [1.165, 1.54) is 25.7 Å². The van der Waals surface area contributed by atoms with Crippen LogP contribution in [0, 0.1) is 5.92 Å². The number of carbonyl (C=O) groups is 1. The van der Waals surface area contributed by atoms with Gasteiger partial charge in [-0.15, -0.1) is 0 Å². The molecule has 0 unspecified atom stereocenters. The number of hydrogen-bond donors (Lipinski definition) is 1. The number of carboxylic acids is 1. The molecule has 18 heavy (non-hydrogen) atoms. The minimum Gasteiger partial charge on any atom is -0.477 e. The molecule has 0 amide bonds. The minimum atomic E-state index is -0.923. The van der Waals surface area contributed by atoms with E-state index < -0.39 is 5.97 Å². The van der Waals surface area contributed by atoms with Crippen LogP contribution in [-0.2, 0) is 6.54 Å². The zero-order valence-electron chi connectivity index (χ0n) is 10.4. The predicted octanol–water partition coefficient (Wildman–Crippen LogP) is 2.15. The van der Waals surface area contributed by atoms with Gasteiger partial charge in [-0.3, -0.25) is 4.90 Å². The third-order valence-corrected chi connectivity index (χ3v) is 3.72. The fourth-order valence-corrected chi connectivity index (χ4v) is 2.39. The molecule has 0 bridgehead atoms. The maximum atomic E-state index is 11.1. The van der Waals surface area contributed by atoms with Gasteiger partial charge in [-0.25, -0.2) is 9.78 Å². The average molecular weight is 246 g/mol. The fourth-order valence-electron chi connectivity index (χ4n) is 2.39. The average Bonchev–Trinajstić information content (AvgIpc) is 3.22. The molecule has 1 aromatic rings. The van der Waals surface area contributed by atoms with Gasteiger partial charge in [-0.2, -0.15) is 0 Å². The standard InChI is InChI=1S/C14H18N2O2/c17-14(18)13-11(2-1-7-15-13)9-16(12-5-6-12)8-10-3-4-10/h1-2,7,10,12H,3-6,8-9H2,(H,17,18). The van der Waals surface area contributed by atoms with Crippen molar-refractivity contribution < 1.29 is 9.90 Å². The van der Waals surface area contributed by atoms with Gasteiger partial charge in [0.25, 0.3) is 0 Å². The van der Waals surface area contributed by atoms with Crippen LogP contribution in [0.1, 0.15) is 41.7 Å². The molecule has 96 valence electrons. The second-order valence-corrected chi connectivity index (χ2v) is 5.42. The molecule has 0 aliphatic heterocycles. The molecule has 0 atom stereocenters. The van der Waals surface area contributed by atoms with Crippen LogP contribution in [0.3, 0.4) is 0 Å². The third-order valence-electron chi connectivity index (χ3n) is 3.72. The highest BCUT2D eigenvalue weighted by Crippen LogP contribution is 2.35. The van der Waals surface area contributed by atoms with Gasteiger partial charge in [0.15, 0.2) is 5.69 Å². The van der Waals surface area contributed by atoms with E-state index in [0.717, 1.165) is 24.6 Å². The van der Waals surface area contributed by atoms with Gasteiger partial charge in [0.05, 0.1) is 0 Å². The zero-order chi connectivity index (χ0) is 12.5. The lowest BCUT2D eigenvalue weighted by Crippen LogP contribution is -2.28. The van der Waals surface area contributed by atoms with Crippen molar-refractivity contribution >= 4 is 5.97 Å². The van der Waals surface area contributed by atoms with Crippen molar-refractivity contribution in [1.29, 1.82) is 0 Å². The monoisotopic (exact) mass is 246 g/mol. The van der Waals surface area contributed by atoms with Crippen molar-refractivity contribution in [2.45, 2.75) is 38.3 Å². The summed E-state index contributed by atoms with van der Waals surface area (Å²) in [7, 11) is 0. The molecule has 1 aromatic heterocycles. The van der Waals surface area contributed by atoms with Crippen LogP contribution in [0.2, 0.25) is 0 Å².